The monoisotopic (exact) mass is 636 g/mol. The molecule has 0 fully saturated rings. The largest absolute Gasteiger partial charge is 0.460 e. The van der Waals surface area contributed by atoms with Gasteiger partial charge in [-0.05, 0) is 0 Å². The van der Waals surface area contributed by atoms with Gasteiger partial charge in [-0.15, -0.1) is 0 Å². The van der Waals surface area contributed by atoms with E-state index in [-0.39, 0.29) is 0 Å². The third kappa shape index (κ3) is 4.12. The van der Waals surface area contributed by atoms with E-state index in [1.54, 1.807) is 0 Å². The van der Waals surface area contributed by atoms with Crippen molar-refractivity contribution in [3.8, 4) is 0 Å². The highest BCUT2D eigenvalue weighted by atomic mass is 35.6. The standard InChI is InChI=1S/C11Cl3F21/c12-9(13,14)1(15,10(30,31)32)2(16,17)3(18,19)4(20,21)5(22,23)6(24,25)7(26,27)8(28,29)11(33,34)35. The highest BCUT2D eigenvalue weighted by molar-refractivity contribution is 6.68. The van der Waals surface area contributed by atoms with Crippen molar-refractivity contribution < 1.29 is 92.2 Å². The lowest BCUT2D eigenvalue weighted by Crippen LogP contribution is -2.78. The van der Waals surface area contributed by atoms with Crippen molar-refractivity contribution in [1.82, 2.24) is 0 Å². The van der Waals surface area contributed by atoms with E-state index in [1.807, 2.05) is 0 Å². The Morgan fingerprint density at radius 1 is 0.257 bits per heavy atom. The number of hydrogen-bond acceptors (Lipinski definition) is 0. The number of halogens is 24. The molecule has 0 rings (SSSR count). The molecule has 212 valence electrons. The van der Waals surface area contributed by atoms with Gasteiger partial charge in [0.1, 0.15) is 0 Å². The zero-order valence-electron chi connectivity index (χ0n) is 14.6. The van der Waals surface area contributed by atoms with Gasteiger partial charge in [0.05, 0.1) is 0 Å². The van der Waals surface area contributed by atoms with Crippen LogP contribution in [0.15, 0.2) is 0 Å². The molecule has 24 heteroatoms. The van der Waals surface area contributed by atoms with Crippen molar-refractivity contribution in [1.29, 1.82) is 0 Å². The maximum absolute atomic E-state index is 13.9. The SMILES string of the molecule is FC(F)(F)C(F)(F)C(F)(F)C(F)(F)C(F)(F)C(F)(F)C(F)(F)C(F)(F)C(F)(C(F)(F)F)C(Cl)(Cl)Cl. The van der Waals surface area contributed by atoms with Crippen molar-refractivity contribution in [3.05, 3.63) is 0 Å². The second kappa shape index (κ2) is 8.20. The molecule has 0 aliphatic rings. The zero-order chi connectivity index (χ0) is 29.5. The average molecular weight is 637 g/mol. The van der Waals surface area contributed by atoms with E-state index in [4.69, 9.17) is 0 Å². The summed E-state index contributed by atoms with van der Waals surface area (Å²) in [6.45, 7) is 0. The van der Waals surface area contributed by atoms with Crippen LogP contribution in [0.3, 0.4) is 0 Å². The fourth-order valence-electron chi connectivity index (χ4n) is 1.90. The maximum Gasteiger partial charge on any atom is 0.460 e. The molecule has 0 N–H and O–H groups in total. The van der Waals surface area contributed by atoms with Gasteiger partial charge >= 0.3 is 59.5 Å². The first-order chi connectivity index (χ1) is 14.5. The maximum atomic E-state index is 13.9. The minimum absolute atomic E-state index is 4.05. The normalized spacial score (nSPS) is 18.5. The molecule has 0 saturated carbocycles. The van der Waals surface area contributed by atoms with Gasteiger partial charge in [0.2, 0.25) is 3.79 Å². The Morgan fingerprint density at radius 2 is 0.457 bits per heavy atom. The lowest BCUT2D eigenvalue weighted by Gasteiger charge is -2.46. The molecule has 35 heavy (non-hydrogen) atoms. The van der Waals surface area contributed by atoms with Crippen LogP contribution in [0.2, 0.25) is 0 Å². The lowest BCUT2D eigenvalue weighted by molar-refractivity contribution is -0.470. The molecule has 0 aliphatic heterocycles. The fourth-order valence-corrected chi connectivity index (χ4v) is 2.57. The Balaban J connectivity index is 7.32. The van der Waals surface area contributed by atoms with Crippen LogP contribution >= 0.6 is 34.8 Å². The predicted molar refractivity (Wildman–Crippen MR) is 70.9 cm³/mol. The van der Waals surface area contributed by atoms with E-state index >= 15 is 0 Å². The summed E-state index contributed by atoms with van der Waals surface area (Å²) in [5, 5.41) is 0. The third-order valence-corrected chi connectivity index (χ3v) is 4.72. The second-order valence-electron chi connectivity index (χ2n) is 6.17. The van der Waals surface area contributed by atoms with Crippen LogP contribution in [0.25, 0.3) is 0 Å². The lowest BCUT2D eigenvalue weighted by atomic mass is 9.84. The molecule has 0 saturated heterocycles. The molecule has 0 heterocycles. The van der Waals surface area contributed by atoms with Crippen molar-refractivity contribution in [2.75, 3.05) is 0 Å². The molecule has 0 radical (unpaired) electrons. The summed E-state index contributed by atoms with van der Waals surface area (Å²) in [7, 11) is 0. The highest BCUT2D eigenvalue weighted by Crippen LogP contribution is 2.68. The fraction of sp³-hybridized carbons (Fsp3) is 1.00. The quantitative estimate of drug-likeness (QED) is 0.194. The summed E-state index contributed by atoms with van der Waals surface area (Å²) in [6.07, 6.45) is -15.8. The van der Waals surface area contributed by atoms with Gasteiger partial charge in [-0.1, -0.05) is 34.8 Å². The topological polar surface area (TPSA) is 0 Å². The Hall–Kier alpha value is -0.600. The molecule has 1 atom stereocenters. The first kappa shape index (κ1) is 34.4. The average Bonchev–Trinajstić information content (AvgIpc) is 2.56. The van der Waals surface area contributed by atoms with E-state index < -0.39 is 63.3 Å². The molecule has 0 spiro atoms. The molecular weight excluding hydrogens is 637 g/mol. The van der Waals surface area contributed by atoms with Crippen molar-refractivity contribution in [2.45, 2.75) is 63.3 Å². The molecule has 0 bridgehead atoms. The van der Waals surface area contributed by atoms with Gasteiger partial charge in [-0.3, -0.25) is 0 Å². The van der Waals surface area contributed by atoms with Crippen molar-refractivity contribution in [2.24, 2.45) is 0 Å². The van der Waals surface area contributed by atoms with E-state index in [9.17, 15) is 92.2 Å². The minimum Gasteiger partial charge on any atom is -0.222 e. The van der Waals surface area contributed by atoms with Crippen LogP contribution in [0.1, 0.15) is 0 Å². The van der Waals surface area contributed by atoms with Crippen LogP contribution in [-0.4, -0.2) is 63.3 Å². The summed E-state index contributed by atoms with van der Waals surface area (Å²) in [6, 6.07) is 0. The number of rotatable bonds is 7. The number of hydrogen-bond donors (Lipinski definition) is 0. The summed E-state index contributed by atoms with van der Waals surface area (Å²) < 4.78 is 268. The van der Waals surface area contributed by atoms with Crippen molar-refractivity contribution in [3.63, 3.8) is 0 Å². The van der Waals surface area contributed by atoms with Crippen LogP contribution in [-0.2, 0) is 0 Å². The van der Waals surface area contributed by atoms with Gasteiger partial charge in [0.15, 0.2) is 0 Å². The summed E-state index contributed by atoms with van der Waals surface area (Å²) in [5.41, 5.74) is -7.76. The molecule has 0 aromatic heterocycles. The van der Waals surface area contributed by atoms with E-state index in [0.29, 0.717) is 0 Å². The smallest absolute Gasteiger partial charge is 0.222 e. The van der Waals surface area contributed by atoms with Gasteiger partial charge in [0, 0.05) is 0 Å². The van der Waals surface area contributed by atoms with Crippen LogP contribution in [0.5, 0.6) is 0 Å². The number of alkyl halides is 24. The summed E-state index contributed by atoms with van der Waals surface area (Å²) in [4.78, 5) is 0. The molecule has 0 aromatic rings. The van der Waals surface area contributed by atoms with Gasteiger partial charge < -0.3 is 0 Å². The molecule has 0 nitrogen and oxygen atoms in total. The van der Waals surface area contributed by atoms with E-state index in [1.165, 1.54) is 0 Å². The highest BCUT2D eigenvalue weighted by Gasteiger charge is 2.99. The zero-order valence-corrected chi connectivity index (χ0v) is 16.8. The summed E-state index contributed by atoms with van der Waals surface area (Å²) >= 11 is 12.2. The minimum atomic E-state index is -9.23. The van der Waals surface area contributed by atoms with E-state index in [0.717, 1.165) is 0 Å². The Kier molecular flexibility index (Phi) is 8.06. The third-order valence-electron chi connectivity index (χ3n) is 3.94. The Labute approximate surface area is 191 Å². The molecular formula is C11Cl3F21. The van der Waals surface area contributed by atoms with Gasteiger partial charge in [-0.2, -0.15) is 87.8 Å². The van der Waals surface area contributed by atoms with Crippen LogP contribution in [0.4, 0.5) is 92.2 Å². The van der Waals surface area contributed by atoms with Gasteiger partial charge in [0.25, 0.3) is 0 Å². The summed E-state index contributed by atoms with van der Waals surface area (Å²) in [5.74, 6) is -62.7. The van der Waals surface area contributed by atoms with Gasteiger partial charge in [-0.25, -0.2) is 4.39 Å². The Bertz CT molecular complexity index is 770. The molecule has 0 amide bonds. The molecule has 1 unspecified atom stereocenters. The molecule has 0 aromatic carbocycles. The second-order valence-corrected chi connectivity index (χ2v) is 8.45. The van der Waals surface area contributed by atoms with Crippen molar-refractivity contribution >= 4 is 34.8 Å². The predicted octanol–water partition coefficient (Wildman–Crippen LogP) is 8.64. The first-order valence-corrected chi connectivity index (χ1v) is 8.17. The molecule has 0 aliphatic carbocycles. The van der Waals surface area contributed by atoms with E-state index in [2.05, 4.69) is 34.8 Å². The first-order valence-electron chi connectivity index (χ1n) is 7.04. The Morgan fingerprint density at radius 3 is 0.629 bits per heavy atom. The van der Waals surface area contributed by atoms with Crippen LogP contribution < -0.4 is 0 Å². The van der Waals surface area contributed by atoms with Crippen LogP contribution in [0, 0.1) is 0 Å².